The first kappa shape index (κ1) is 14.7. The van der Waals surface area contributed by atoms with E-state index in [-0.39, 0.29) is 23.5 Å². The van der Waals surface area contributed by atoms with E-state index in [1.807, 2.05) is 6.92 Å². The number of amides is 1. The van der Waals surface area contributed by atoms with Crippen LogP contribution < -0.4 is 10.6 Å². The van der Waals surface area contributed by atoms with Gasteiger partial charge in [0.25, 0.3) is 5.91 Å². The molecule has 1 saturated heterocycles. The molecule has 2 N–H and O–H groups in total. The van der Waals surface area contributed by atoms with Crippen molar-refractivity contribution in [3.05, 3.63) is 18.0 Å². The van der Waals surface area contributed by atoms with Crippen LogP contribution in [0.4, 0.5) is 5.95 Å². The predicted molar refractivity (Wildman–Crippen MR) is 75.3 cm³/mol. The van der Waals surface area contributed by atoms with E-state index in [0.29, 0.717) is 17.9 Å². The fourth-order valence-corrected chi connectivity index (χ4v) is 3.62. The van der Waals surface area contributed by atoms with Gasteiger partial charge in [-0.05, 0) is 12.8 Å². The lowest BCUT2D eigenvalue weighted by molar-refractivity contribution is 0.0940. The highest BCUT2D eigenvalue weighted by Crippen LogP contribution is 2.12. The van der Waals surface area contributed by atoms with Crippen LogP contribution >= 0.6 is 0 Å². The summed E-state index contributed by atoms with van der Waals surface area (Å²) in [5.41, 5.74) is 0.330. The Balaban J connectivity index is 1.92. The molecule has 0 spiro atoms. The summed E-state index contributed by atoms with van der Waals surface area (Å²) in [6.45, 7) is 2.80. The normalized spacial score (nSPS) is 20.6. The van der Waals surface area contributed by atoms with Gasteiger partial charge >= 0.3 is 0 Å². The van der Waals surface area contributed by atoms with Crippen molar-refractivity contribution in [3.63, 3.8) is 0 Å². The van der Waals surface area contributed by atoms with Crippen LogP contribution in [0.15, 0.2) is 12.4 Å². The molecule has 0 aromatic carbocycles. The molecule has 110 valence electrons. The molecule has 0 saturated carbocycles. The van der Waals surface area contributed by atoms with Crippen molar-refractivity contribution in [1.29, 1.82) is 0 Å². The Labute approximate surface area is 118 Å². The topological polar surface area (TPSA) is 101 Å². The number of hydrogen-bond acceptors (Lipinski definition) is 6. The lowest BCUT2D eigenvalue weighted by Gasteiger charge is -2.10. The van der Waals surface area contributed by atoms with E-state index in [0.717, 1.165) is 13.0 Å². The molecule has 1 fully saturated rings. The molecule has 7 nitrogen and oxygen atoms in total. The summed E-state index contributed by atoms with van der Waals surface area (Å²) < 4.78 is 22.6. The smallest absolute Gasteiger partial charge is 0.254 e. The van der Waals surface area contributed by atoms with Gasteiger partial charge in [-0.1, -0.05) is 6.92 Å². The third-order valence-electron chi connectivity index (χ3n) is 3.01. The molecular weight excluding hydrogens is 280 g/mol. The minimum Gasteiger partial charge on any atom is -0.354 e. The van der Waals surface area contributed by atoms with Crippen LogP contribution in [-0.4, -0.2) is 48.4 Å². The summed E-state index contributed by atoms with van der Waals surface area (Å²) in [6, 6.07) is -0.314. The number of nitrogens with zero attached hydrogens (tertiary/aromatic N) is 2. The lowest BCUT2D eigenvalue weighted by Crippen LogP contribution is -2.35. The van der Waals surface area contributed by atoms with Gasteiger partial charge in [-0.25, -0.2) is 18.4 Å². The minimum atomic E-state index is -3.00. The molecule has 1 amide bonds. The van der Waals surface area contributed by atoms with Crippen molar-refractivity contribution in [2.75, 3.05) is 23.4 Å². The maximum Gasteiger partial charge on any atom is 0.254 e. The first-order valence-corrected chi connectivity index (χ1v) is 8.39. The van der Waals surface area contributed by atoms with Gasteiger partial charge in [0.1, 0.15) is 0 Å². The van der Waals surface area contributed by atoms with E-state index in [9.17, 15) is 13.2 Å². The Bertz CT molecular complexity index is 571. The molecule has 2 rings (SSSR count). The molecule has 0 aliphatic carbocycles. The lowest BCUT2D eigenvalue weighted by atomic mass is 10.2. The van der Waals surface area contributed by atoms with E-state index in [1.165, 1.54) is 12.4 Å². The average Bonchev–Trinajstić information content (AvgIpc) is 2.76. The predicted octanol–water partition coefficient (Wildman–Crippen LogP) is 0.215. The Morgan fingerprint density at radius 2 is 2.10 bits per heavy atom. The van der Waals surface area contributed by atoms with Crippen LogP contribution in [0.2, 0.25) is 0 Å². The van der Waals surface area contributed by atoms with E-state index in [4.69, 9.17) is 0 Å². The maximum atomic E-state index is 11.9. The van der Waals surface area contributed by atoms with Crippen LogP contribution in [0, 0.1) is 0 Å². The molecule has 0 radical (unpaired) electrons. The number of carbonyl (C=O) groups is 1. The maximum absolute atomic E-state index is 11.9. The highest BCUT2D eigenvalue weighted by Gasteiger charge is 2.29. The Kier molecular flexibility index (Phi) is 4.53. The molecule has 1 aliphatic rings. The van der Waals surface area contributed by atoms with Crippen molar-refractivity contribution >= 4 is 21.7 Å². The first-order chi connectivity index (χ1) is 9.50. The zero-order chi connectivity index (χ0) is 14.6. The number of carbonyl (C=O) groups excluding carboxylic acids is 1. The van der Waals surface area contributed by atoms with Gasteiger partial charge in [0, 0.05) is 25.0 Å². The van der Waals surface area contributed by atoms with E-state index >= 15 is 0 Å². The monoisotopic (exact) mass is 298 g/mol. The quantitative estimate of drug-likeness (QED) is 0.806. The number of rotatable bonds is 5. The van der Waals surface area contributed by atoms with E-state index < -0.39 is 9.84 Å². The fourth-order valence-electron chi connectivity index (χ4n) is 1.95. The number of hydrogen-bond donors (Lipinski definition) is 2. The average molecular weight is 298 g/mol. The highest BCUT2D eigenvalue weighted by atomic mass is 32.2. The zero-order valence-electron chi connectivity index (χ0n) is 11.3. The third kappa shape index (κ3) is 3.89. The summed E-state index contributed by atoms with van der Waals surface area (Å²) in [7, 11) is -3.00. The van der Waals surface area contributed by atoms with Gasteiger partial charge < -0.3 is 10.6 Å². The summed E-state index contributed by atoms with van der Waals surface area (Å²) in [5, 5.41) is 5.71. The van der Waals surface area contributed by atoms with Crippen molar-refractivity contribution in [3.8, 4) is 0 Å². The van der Waals surface area contributed by atoms with Gasteiger partial charge in [-0.3, -0.25) is 4.79 Å². The summed E-state index contributed by atoms with van der Waals surface area (Å²) in [6.07, 6.45) is 4.29. The molecule has 1 unspecified atom stereocenters. The molecule has 1 atom stereocenters. The second kappa shape index (κ2) is 6.17. The molecule has 1 aliphatic heterocycles. The standard InChI is InChI=1S/C12H18N4O3S/c1-2-4-13-12-14-6-9(7-15-12)11(17)16-10-3-5-20(18,19)8-10/h6-7,10H,2-5,8H2,1H3,(H,16,17)(H,13,14,15). The van der Waals surface area contributed by atoms with Crippen molar-refractivity contribution in [1.82, 2.24) is 15.3 Å². The van der Waals surface area contributed by atoms with Crippen molar-refractivity contribution in [2.45, 2.75) is 25.8 Å². The van der Waals surface area contributed by atoms with Gasteiger partial charge in [0.15, 0.2) is 9.84 Å². The second-order valence-corrected chi connectivity index (χ2v) is 7.02. The van der Waals surface area contributed by atoms with E-state index in [2.05, 4.69) is 20.6 Å². The van der Waals surface area contributed by atoms with Crippen LogP contribution in [0.3, 0.4) is 0 Å². The summed E-state index contributed by atoms with van der Waals surface area (Å²) in [4.78, 5) is 20.0. The summed E-state index contributed by atoms with van der Waals surface area (Å²) >= 11 is 0. The Morgan fingerprint density at radius 1 is 1.40 bits per heavy atom. The van der Waals surface area contributed by atoms with Crippen LogP contribution in [-0.2, 0) is 9.84 Å². The Hall–Kier alpha value is -1.70. The Morgan fingerprint density at radius 3 is 2.65 bits per heavy atom. The SMILES string of the molecule is CCCNc1ncc(C(=O)NC2CCS(=O)(=O)C2)cn1. The van der Waals surface area contributed by atoms with E-state index in [1.54, 1.807) is 0 Å². The number of nitrogens with one attached hydrogen (secondary N) is 2. The molecule has 2 heterocycles. The second-order valence-electron chi connectivity index (χ2n) is 4.80. The number of aromatic nitrogens is 2. The molecule has 20 heavy (non-hydrogen) atoms. The minimum absolute atomic E-state index is 0.00966. The molecule has 1 aromatic heterocycles. The summed E-state index contributed by atoms with van der Waals surface area (Å²) in [5.74, 6) is 0.283. The third-order valence-corrected chi connectivity index (χ3v) is 4.78. The van der Waals surface area contributed by atoms with Gasteiger partial charge in [0.2, 0.25) is 5.95 Å². The van der Waals surface area contributed by atoms with Crippen molar-refractivity contribution in [2.24, 2.45) is 0 Å². The van der Waals surface area contributed by atoms with Crippen LogP contribution in [0.5, 0.6) is 0 Å². The molecular formula is C12H18N4O3S. The highest BCUT2D eigenvalue weighted by molar-refractivity contribution is 7.91. The molecule has 1 aromatic rings. The fraction of sp³-hybridized carbons (Fsp3) is 0.583. The number of sulfone groups is 1. The van der Waals surface area contributed by atoms with Gasteiger partial charge in [0.05, 0.1) is 17.1 Å². The first-order valence-electron chi connectivity index (χ1n) is 6.57. The number of anilines is 1. The van der Waals surface area contributed by atoms with Crippen LogP contribution in [0.25, 0.3) is 0 Å². The van der Waals surface area contributed by atoms with Gasteiger partial charge in [-0.15, -0.1) is 0 Å². The molecule has 8 heteroatoms. The zero-order valence-corrected chi connectivity index (χ0v) is 12.1. The van der Waals surface area contributed by atoms with Gasteiger partial charge in [-0.2, -0.15) is 0 Å². The van der Waals surface area contributed by atoms with Crippen LogP contribution in [0.1, 0.15) is 30.1 Å². The van der Waals surface area contributed by atoms with Crippen molar-refractivity contribution < 1.29 is 13.2 Å². The molecule has 0 bridgehead atoms. The largest absolute Gasteiger partial charge is 0.354 e.